The smallest absolute Gasteiger partial charge is 0.126 e. The highest BCUT2D eigenvalue weighted by Crippen LogP contribution is 2.13. The molecule has 3 heteroatoms. The highest BCUT2D eigenvalue weighted by molar-refractivity contribution is 6.30. The molecule has 0 aromatic carbocycles. The van der Waals surface area contributed by atoms with Crippen molar-refractivity contribution in [1.82, 2.24) is 4.98 Å². The summed E-state index contributed by atoms with van der Waals surface area (Å²) in [6, 6.07) is 4.22. The largest absolute Gasteiger partial charge is 0.368 e. The van der Waals surface area contributed by atoms with Gasteiger partial charge >= 0.3 is 0 Å². The van der Waals surface area contributed by atoms with Gasteiger partial charge < -0.3 is 5.32 Å². The van der Waals surface area contributed by atoms with Gasteiger partial charge in [-0.25, -0.2) is 4.98 Å². The second-order valence-corrected chi connectivity index (χ2v) is 4.81. The summed E-state index contributed by atoms with van der Waals surface area (Å²) in [5, 5.41) is 4.03. The van der Waals surface area contributed by atoms with Gasteiger partial charge in [0, 0.05) is 12.2 Å². The number of halogens is 1. The Balaban J connectivity index is 2.37. The molecule has 84 valence electrons. The van der Waals surface area contributed by atoms with Gasteiger partial charge in [0.15, 0.2) is 0 Å². The maximum atomic E-state index is 5.76. The van der Waals surface area contributed by atoms with Gasteiger partial charge in [-0.05, 0) is 37.8 Å². The monoisotopic (exact) mass is 226 g/mol. The fourth-order valence-electron chi connectivity index (χ4n) is 1.37. The van der Waals surface area contributed by atoms with Crippen LogP contribution in [0.25, 0.3) is 0 Å². The molecule has 1 heterocycles. The van der Waals surface area contributed by atoms with Crippen molar-refractivity contribution in [2.45, 2.75) is 39.7 Å². The summed E-state index contributed by atoms with van der Waals surface area (Å²) in [6.45, 7) is 6.67. The second kappa shape index (κ2) is 5.96. The standard InChI is InChI=1S/C12H19ClN2/c1-9(2)4-5-10(3)15-12-7-6-11(13)8-14-12/h6-10H,4-5H2,1-3H3,(H,14,15). The average molecular weight is 227 g/mol. The van der Waals surface area contributed by atoms with Gasteiger partial charge in [0.2, 0.25) is 0 Å². The quantitative estimate of drug-likeness (QED) is 0.822. The Labute approximate surface area is 97.1 Å². The van der Waals surface area contributed by atoms with E-state index >= 15 is 0 Å². The molecule has 0 amide bonds. The first kappa shape index (κ1) is 12.3. The lowest BCUT2D eigenvalue weighted by Crippen LogP contribution is -2.16. The molecule has 0 fully saturated rings. The van der Waals surface area contributed by atoms with Crippen LogP contribution < -0.4 is 5.32 Å². The van der Waals surface area contributed by atoms with Gasteiger partial charge in [-0.1, -0.05) is 25.4 Å². The predicted molar refractivity (Wildman–Crippen MR) is 66.4 cm³/mol. The molecule has 0 aliphatic rings. The van der Waals surface area contributed by atoms with E-state index in [0.29, 0.717) is 11.1 Å². The fourth-order valence-corrected chi connectivity index (χ4v) is 1.48. The SMILES string of the molecule is CC(C)CCC(C)Nc1ccc(Cl)cn1. The molecule has 1 N–H and O–H groups in total. The Kier molecular flexibility index (Phi) is 4.89. The van der Waals surface area contributed by atoms with Gasteiger partial charge in [0.1, 0.15) is 5.82 Å². The lowest BCUT2D eigenvalue weighted by atomic mass is 10.0. The minimum atomic E-state index is 0.459. The van der Waals surface area contributed by atoms with E-state index in [1.165, 1.54) is 12.8 Å². The van der Waals surface area contributed by atoms with Crippen molar-refractivity contribution in [3.05, 3.63) is 23.4 Å². The molecule has 0 saturated carbocycles. The number of hydrogen-bond donors (Lipinski definition) is 1. The molecule has 1 aromatic heterocycles. The molecule has 1 rings (SSSR count). The van der Waals surface area contributed by atoms with E-state index in [1.807, 2.05) is 12.1 Å². The van der Waals surface area contributed by atoms with Crippen molar-refractivity contribution in [3.63, 3.8) is 0 Å². The molecule has 1 aromatic rings. The number of anilines is 1. The molecule has 2 nitrogen and oxygen atoms in total. The molecule has 0 radical (unpaired) electrons. The molecule has 1 atom stereocenters. The highest BCUT2D eigenvalue weighted by atomic mass is 35.5. The van der Waals surface area contributed by atoms with Gasteiger partial charge in [-0.2, -0.15) is 0 Å². The molecule has 1 unspecified atom stereocenters. The third-order valence-corrected chi connectivity index (χ3v) is 2.52. The van der Waals surface area contributed by atoms with Crippen LogP contribution in [-0.2, 0) is 0 Å². The topological polar surface area (TPSA) is 24.9 Å². The van der Waals surface area contributed by atoms with Gasteiger partial charge in [-0.15, -0.1) is 0 Å². The van der Waals surface area contributed by atoms with Crippen molar-refractivity contribution >= 4 is 17.4 Å². The Morgan fingerprint density at radius 3 is 2.53 bits per heavy atom. The van der Waals surface area contributed by atoms with Crippen molar-refractivity contribution in [3.8, 4) is 0 Å². The zero-order valence-electron chi connectivity index (χ0n) is 9.63. The minimum absolute atomic E-state index is 0.459. The van der Waals surface area contributed by atoms with Crippen LogP contribution in [-0.4, -0.2) is 11.0 Å². The number of aromatic nitrogens is 1. The van der Waals surface area contributed by atoms with Crippen molar-refractivity contribution in [2.75, 3.05) is 5.32 Å². The van der Waals surface area contributed by atoms with Crippen LogP contribution >= 0.6 is 11.6 Å². The summed E-state index contributed by atoms with van der Waals surface area (Å²) in [6.07, 6.45) is 4.07. The summed E-state index contributed by atoms with van der Waals surface area (Å²) in [5.74, 6) is 1.66. The molecule has 0 aliphatic carbocycles. The summed E-state index contributed by atoms with van der Waals surface area (Å²) < 4.78 is 0. The number of rotatable bonds is 5. The van der Waals surface area contributed by atoms with Gasteiger partial charge in [0.25, 0.3) is 0 Å². The third kappa shape index (κ3) is 5.03. The van der Waals surface area contributed by atoms with E-state index < -0.39 is 0 Å². The Hall–Kier alpha value is -0.760. The first-order valence-electron chi connectivity index (χ1n) is 5.46. The van der Waals surface area contributed by atoms with Crippen LogP contribution in [0.15, 0.2) is 18.3 Å². The van der Waals surface area contributed by atoms with Crippen LogP contribution in [0, 0.1) is 5.92 Å². The van der Waals surface area contributed by atoms with Gasteiger partial charge in [0.05, 0.1) is 5.02 Å². The van der Waals surface area contributed by atoms with E-state index in [9.17, 15) is 0 Å². The van der Waals surface area contributed by atoms with Crippen LogP contribution in [0.3, 0.4) is 0 Å². The van der Waals surface area contributed by atoms with Gasteiger partial charge in [-0.3, -0.25) is 0 Å². The maximum absolute atomic E-state index is 5.76. The number of nitrogens with zero attached hydrogens (tertiary/aromatic N) is 1. The van der Waals surface area contributed by atoms with Crippen LogP contribution in [0.1, 0.15) is 33.6 Å². The lowest BCUT2D eigenvalue weighted by Gasteiger charge is -2.15. The van der Waals surface area contributed by atoms with Crippen LogP contribution in [0.4, 0.5) is 5.82 Å². The third-order valence-electron chi connectivity index (χ3n) is 2.30. The number of pyridine rings is 1. The number of nitrogens with one attached hydrogen (secondary N) is 1. The summed E-state index contributed by atoms with van der Waals surface area (Å²) in [4.78, 5) is 4.20. The minimum Gasteiger partial charge on any atom is -0.368 e. The van der Waals surface area contributed by atoms with Crippen LogP contribution in [0.2, 0.25) is 5.02 Å². The van der Waals surface area contributed by atoms with E-state index in [0.717, 1.165) is 11.7 Å². The highest BCUT2D eigenvalue weighted by Gasteiger charge is 2.04. The molecular formula is C12H19ClN2. The zero-order valence-corrected chi connectivity index (χ0v) is 10.4. The summed E-state index contributed by atoms with van der Waals surface area (Å²) in [5.41, 5.74) is 0. The Morgan fingerprint density at radius 1 is 1.27 bits per heavy atom. The predicted octanol–water partition coefficient (Wildman–Crippen LogP) is 3.97. The first-order valence-corrected chi connectivity index (χ1v) is 5.84. The fraction of sp³-hybridized carbons (Fsp3) is 0.583. The Morgan fingerprint density at radius 2 is 2.00 bits per heavy atom. The van der Waals surface area contributed by atoms with E-state index in [2.05, 4.69) is 31.1 Å². The molecular weight excluding hydrogens is 208 g/mol. The van der Waals surface area contributed by atoms with E-state index in [4.69, 9.17) is 11.6 Å². The number of hydrogen-bond acceptors (Lipinski definition) is 2. The lowest BCUT2D eigenvalue weighted by molar-refractivity contribution is 0.527. The molecule has 0 spiro atoms. The van der Waals surface area contributed by atoms with E-state index in [1.54, 1.807) is 6.20 Å². The first-order chi connectivity index (χ1) is 7.08. The van der Waals surface area contributed by atoms with Crippen LogP contribution in [0.5, 0.6) is 0 Å². The molecule has 0 bridgehead atoms. The Bertz CT molecular complexity index is 282. The maximum Gasteiger partial charge on any atom is 0.126 e. The second-order valence-electron chi connectivity index (χ2n) is 4.38. The molecule has 0 saturated heterocycles. The normalized spacial score (nSPS) is 12.9. The summed E-state index contributed by atoms with van der Waals surface area (Å²) >= 11 is 5.76. The van der Waals surface area contributed by atoms with Crippen molar-refractivity contribution < 1.29 is 0 Å². The van der Waals surface area contributed by atoms with Crippen molar-refractivity contribution in [1.29, 1.82) is 0 Å². The van der Waals surface area contributed by atoms with E-state index in [-0.39, 0.29) is 0 Å². The van der Waals surface area contributed by atoms with Crippen molar-refractivity contribution in [2.24, 2.45) is 5.92 Å². The zero-order chi connectivity index (χ0) is 11.3. The molecule has 0 aliphatic heterocycles. The molecule has 15 heavy (non-hydrogen) atoms. The average Bonchev–Trinajstić information content (AvgIpc) is 2.19. The summed E-state index contributed by atoms with van der Waals surface area (Å²) in [7, 11) is 0.